The van der Waals surface area contributed by atoms with E-state index in [9.17, 15) is 9.59 Å². The third-order valence-corrected chi connectivity index (χ3v) is 5.62. The number of amides is 2. The van der Waals surface area contributed by atoms with Crippen LogP contribution >= 0.6 is 12.2 Å². The van der Waals surface area contributed by atoms with Crippen molar-refractivity contribution in [2.75, 3.05) is 31.6 Å². The van der Waals surface area contributed by atoms with E-state index in [0.29, 0.717) is 43.5 Å². The number of anilines is 1. The van der Waals surface area contributed by atoms with Crippen LogP contribution in [0.15, 0.2) is 48.5 Å². The van der Waals surface area contributed by atoms with Gasteiger partial charge in [-0.15, -0.1) is 0 Å². The van der Waals surface area contributed by atoms with Gasteiger partial charge in [-0.1, -0.05) is 44.2 Å². The number of nitrogens with zero attached hydrogens (tertiary/aromatic N) is 1. The van der Waals surface area contributed by atoms with Crippen molar-refractivity contribution in [1.29, 1.82) is 0 Å². The normalized spacial score (nSPS) is 14.7. The predicted molar refractivity (Wildman–Crippen MR) is 131 cm³/mol. The van der Waals surface area contributed by atoms with Gasteiger partial charge in [0.25, 0.3) is 5.91 Å². The number of rotatable bonds is 6. The lowest BCUT2D eigenvalue weighted by atomic mass is 9.96. The maximum Gasteiger partial charge on any atom is 0.254 e. The molecule has 1 aliphatic rings. The van der Waals surface area contributed by atoms with Gasteiger partial charge in [-0.2, -0.15) is 0 Å². The lowest BCUT2D eigenvalue weighted by Gasteiger charge is -2.27. The van der Waals surface area contributed by atoms with Crippen LogP contribution < -0.4 is 10.6 Å². The zero-order valence-electron chi connectivity index (χ0n) is 18.9. The lowest BCUT2D eigenvalue weighted by molar-refractivity contribution is -0.120. The van der Waals surface area contributed by atoms with E-state index in [1.54, 1.807) is 23.1 Å². The molecule has 0 radical (unpaired) electrons. The Morgan fingerprint density at radius 3 is 2.41 bits per heavy atom. The van der Waals surface area contributed by atoms with Gasteiger partial charge in [0.2, 0.25) is 5.91 Å². The van der Waals surface area contributed by atoms with E-state index in [4.69, 9.17) is 17.0 Å². The van der Waals surface area contributed by atoms with Gasteiger partial charge in [0.1, 0.15) is 0 Å². The minimum atomic E-state index is -0.336. The van der Waals surface area contributed by atoms with Crippen LogP contribution in [0.4, 0.5) is 5.69 Å². The highest BCUT2D eigenvalue weighted by atomic mass is 32.1. The Balaban J connectivity index is 1.56. The average molecular weight is 454 g/mol. The van der Waals surface area contributed by atoms with E-state index in [-0.39, 0.29) is 22.8 Å². The summed E-state index contributed by atoms with van der Waals surface area (Å²) in [7, 11) is 0. The second-order valence-electron chi connectivity index (χ2n) is 8.49. The van der Waals surface area contributed by atoms with Crippen LogP contribution in [0.5, 0.6) is 0 Å². The van der Waals surface area contributed by atoms with Crippen molar-refractivity contribution < 1.29 is 14.3 Å². The molecule has 1 atom stereocenters. The Kier molecular flexibility index (Phi) is 8.36. The summed E-state index contributed by atoms with van der Waals surface area (Å²) < 4.78 is 5.31. The van der Waals surface area contributed by atoms with Gasteiger partial charge in [0.15, 0.2) is 5.11 Å². The Morgan fingerprint density at radius 1 is 1.06 bits per heavy atom. The maximum absolute atomic E-state index is 12.7. The number of ether oxygens (including phenoxy) is 1. The molecule has 1 fully saturated rings. The number of morpholine rings is 1. The monoisotopic (exact) mass is 453 g/mol. The molecule has 0 spiro atoms. The summed E-state index contributed by atoms with van der Waals surface area (Å²) in [5.74, 6) is 0.0332. The molecule has 2 aromatic carbocycles. The van der Waals surface area contributed by atoms with Crippen LogP contribution in [0.2, 0.25) is 0 Å². The van der Waals surface area contributed by atoms with E-state index in [1.807, 2.05) is 25.1 Å². The molecule has 2 amide bonds. The van der Waals surface area contributed by atoms with Crippen molar-refractivity contribution in [1.82, 2.24) is 10.2 Å². The first-order valence-electron chi connectivity index (χ1n) is 11.0. The maximum atomic E-state index is 12.7. The van der Waals surface area contributed by atoms with Crippen LogP contribution in [0, 0.1) is 5.92 Å². The highest BCUT2D eigenvalue weighted by Crippen LogP contribution is 2.18. The molecule has 170 valence electrons. The van der Waals surface area contributed by atoms with Gasteiger partial charge in [-0.25, -0.2) is 0 Å². The highest BCUT2D eigenvalue weighted by molar-refractivity contribution is 7.80. The molecule has 1 heterocycles. The molecular weight excluding hydrogens is 422 g/mol. The van der Waals surface area contributed by atoms with E-state index in [1.165, 1.54) is 5.56 Å². The highest BCUT2D eigenvalue weighted by Gasteiger charge is 2.19. The topological polar surface area (TPSA) is 70.7 Å². The molecule has 6 nitrogen and oxygen atoms in total. The molecule has 0 saturated carbocycles. The van der Waals surface area contributed by atoms with Crippen LogP contribution in [-0.2, 0) is 16.0 Å². The van der Waals surface area contributed by atoms with E-state index >= 15 is 0 Å². The summed E-state index contributed by atoms with van der Waals surface area (Å²) in [6, 6.07) is 15.3. The van der Waals surface area contributed by atoms with Gasteiger partial charge in [-0.3, -0.25) is 9.59 Å². The van der Waals surface area contributed by atoms with E-state index in [2.05, 4.69) is 36.6 Å². The number of hydrogen-bond acceptors (Lipinski definition) is 4. The van der Waals surface area contributed by atoms with E-state index < -0.39 is 0 Å². The summed E-state index contributed by atoms with van der Waals surface area (Å²) >= 11 is 5.33. The molecule has 2 N–H and O–H groups in total. The van der Waals surface area contributed by atoms with Crippen LogP contribution in [0.25, 0.3) is 0 Å². The van der Waals surface area contributed by atoms with Gasteiger partial charge in [0, 0.05) is 24.3 Å². The predicted octanol–water partition coefficient (Wildman–Crippen LogP) is 3.97. The number of carbonyl (C=O) groups is 2. The van der Waals surface area contributed by atoms with Crippen LogP contribution in [0.1, 0.15) is 48.2 Å². The van der Waals surface area contributed by atoms with Gasteiger partial charge < -0.3 is 20.3 Å². The Bertz CT molecular complexity index is 953. The molecule has 3 rings (SSSR count). The first-order chi connectivity index (χ1) is 15.3. The third-order valence-electron chi connectivity index (χ3n) is 5.42. The van der Waals surface area contributed by atoms with Crippen molar-refractivity contribution in [3.05, 3.63) is 65.2 Å². The summed E-state index contributed by atoms with van der Waals surface area (Å²) in [6.07, 6.45) is 1.02. The number of carbonyl (C=O) groups excluding carboxylic acids is 2. The third kappa shape index (κ3) is 6.61. The SMILES string of the molecule is CC(C)Cc1ccc(C(C)C(=O)NC(=S)Nc2cccc(C(=O)N3CCOCC3)c2)cc1. The molecule has 1 saturated heterocycles. The molecular formula is C25H31N3O3S. The summed E-state index contributed by atoms with van der Waals surface area (Å²) in [6.45, 7) is 8.51. The first-order valence-corrected chi connectivity index (χ1v) is 11.4. The second kappa shape index (κ2) is 11.2. The van der Waals surface area contributed by atoms with Crippen LogP contribution in [-0.4, -0.2) is 48.1 Å². The molecule has 0 aliphatic carbocycles. The molecule has 1 aliphatic heterocycles. The molecule has 0 aromatic heterocycles. The minimum Gasteiger partial charge on any atom is -0.378 e. The van der Waals surface area contributed by atoms with Gasteiger partial charge in [0.05, 0.1) is 19.1 Å². The quantitative estimate of drug-likeness (QED) is 0.648. The zero-order valence-corrected chi connectivity index (χ0v) is 19.7. The number of benzene rings is 2. The first kappa shape index (κ1) is 23.9. The fraction of sp³-hybridized carbons (Fsp3) is 0.400. The Morgan fingerprint density at radius 2 is 1.75 bits per heavy atom. The second-order valence-corrected chi connectivity index (χ2v) is 8.90. The molecule has 0 bridgehead atoms. The molecule has 7 heteroatoms. The Labute approximate surface area is 195 Å². The zero-order chi connectivity index (χ0) is 23.1. The van der Waals surface area contributed by atoms with Crippen molar-refractivity contribution in [2.45, 2.75) is 33.1 Å². The fourth-order valence-electron chi connectivity index (χ4n) is 3.63. The van der Waals surface area contributed by atoms with Crippen molar-refractivity contribution in [3.63, 3.8) is 0 Å². The van der Waals surface area contributed by atoms with Crippen molar-refractivity contribution in [3.8, 4) is 0 Å². The standard InChI is InChI=1S/C25H31N3O3S/c1-17(2)15-19-7-9-20(10-8-19)18(3)23(29)27-25(32)26-22-6-4-5-21(16-22)24(30)28-11-13-31-14-12-28/h4-10,16-18H,11-15H2,1-3H3,(H2,26,27,29,32). The largest absolute Gasteiger partial charge is 0.378 e. The summed E-state index contributed by atoms with van der Waals surface area (Å²) in [5, 5.41) is 5.97. The molecule has 32 heavy (non-hydrogen) atoms. The van der Waals surface area contributed by atoms with E-state index in [0.717, 1.165) is 12.0 Å². The number of hydrogen-bond donors (Lipinski definition) is 2. The van der Waals surface area contributed by atoms with Gasteiger partial charge in [-0.05, 0) is 60.8 Å². The number of thiocarbonyl (C=S) groups is 1. The smallest absolute Gasteiger partial charge is 0.254 e. The average Bonchev–Trinajstić information content (AvgIpc) is 2.79. The lowest BCUT2D eigenvalue weighted by Crippen LogP contribution is -2.40. The fourth-order valence-corrected chi connectivity index (χ4v) is 3.85. The van der Waals surface area contributed by atoms with Crippen LogP contribution in [0.3, 0.4) is 0 Å². The van der Waals surface area contributed by atoms with Gasteiger partial charge >= 0.3 is 0 Å². The summed E-state index contributed by atoms with van der Waals surface area (Å²) in [4.78, 5) is 27.1. The Hall–Kier alpha value is -2.77. The summed E-state index contributed by atoms with van der Waals surface area (Å²) in [5.41, 5.74) is 3.43. The van der Waals surface area contributed by atoms with Crippen molar-refractivity contribution >= 4 is 34.8 Å². The molecule has 2 aromatic rings. The van der Waals surface area contributed by atoms with Crippen molar-refractivity contribution in [2.24, 2.45) is 5.92 Å². The molecule has 1 unspecified atom stereocenters. The minimum absolute atomic E-state index is 0.0403. The number of nitrogens with one attached hydrogen (secondary N) is 2.